The molecule has 1 heterocycles. The van der Waals surface area contributed by atoms with E-state index in [1.807, 2.05) is 30.5 Å². The van der Waals surface area contributed by atoms with E-state index in [2.05, 4.69) is 27.0 Å². The second-order valence-corrected chi connectivity index (χ2v) is 6.08. The Morgan fingerprint density at radius 3 is 2.65 bits per heavy atom. The number of fused-ring (bicyclic) bond motifs is 1. The number of rotatable bonds is 1. The number of halogens is 2. The van der Waals surface area contributed by atoms with Crippen molar-refractivity contribution >= 4 is 39.2 Å². The second kappa shape index (κ2) is 4.82. The number of H-pyrrole nitrogens is 1. The van der Waals surface area contributed by atoms with Gasteiger partial charge in [-0.05, 0) is 59.7 Å². The van der Waals surface area contributed by atoms with Gasteiger partial charge in [0.05, 0.1) is 21.2 Å². The Morgan fingerprint density at radius 1 is 1.20 bits per heavy atom. The van der Waals surface area contributed by atoms with E-state index in [-0.39, 0.29) is 5.82 Å². The monoisotopic (exact) mass is 350 g/mol. The van der Waals surface area contributed by atoms with Gasteiger partial charge in [-0.2, -0.15) is 0 Å². The second-order valence-electron chi connectivity index (χ2n) is 4.84. The zero-order valence-electron chi connectivity index (χ0n) is 11.0. The summed E-state index contributed by atoms with van der Waals surface area (Å²) in [6.45, 7) is 4.07. The molecule has 0 radical (unpaired) electrons. The van der Waals surface area contributed by atoms with Crippen LogP contribution in [-0.2, 0) is 0 Å². The maximum Gasteiger partial charge on any atom is 0.182 e. The average molecular weight is 351 g/mol. The lowest BCUT2D eigenvalue weighted by molar-refractivity contribution is 0.622. The molecule has 0 aliphatic heterocycles. The fourth-order valence-electron chi connectivity index (χ4n) is 2.40. The first-order valence-corrected chi connectivity index (χ1v) is 7.35. The van der Waals surface area contributed by atoms with Crippen molar-refractivity contribution in [3.63, 3.8) is 0 Å². The standard InChI is InChI=1S/C15H12BrFN2S/c1-8-3-4-13(9(2)5-8)19-14-7-11(17)10(16)6-12(14)18-15(19)20/h3-7H,1-2H3,(H,18,20). The Balaban J connectivity index is 2.39. The molecule has 20 heavy (non-hydrogen) atoms. The SMILES string of the molecule is Cc1ccc(-n2c(=S)[nH]c3cc(Br)c(F)cc32)c(C)c1. The number of hydrogen-bond donors (Lipinski definition) is 1. The van der Waals surface area contributed by atoms with Crippen LogP contribution in [0.25, 0.3) is 16.7 Å². The van der Waals surface area contributed by atoms with Crippen LogP contribution >= 0.6 is 28.1 Å². The van der Waals surface area contributed by atoms with Gasteiger partial charge < -0.3 is 4.98 Å². The molecule has 0 saturated heterocycles. The molecule has 0 aliphatic rings. The first-order valence-electron chi connectivity index (χ1n) is 6.15. The van der Waals surface area contributed by atoms with E-state index >= 15 is 0 Å². The van der Waals surface area contributed by atoms with E-state index in [0.29, 0.717) is 9.24 Å². The number of nitrogens with one attached hydrogen (secondary N) is 1. The van der Waals surface area contributed by atoms with Crippen molar-refractivity contribution in [3.8, 4) is 5.69 Å². The lowest BCUT2D eigenvalue weighted by atomic mass is 10.1. The molecule has 5 heteroatoms. The van der Waals surface area contributed by atoms with Crippen molar-refractivity contribution in [3.05, 3.63) is 56.5 Å². The molecule has 0 unspecified atom stereocenters. The fourth-order valence-corrected chi connectivity index (χ4v) is 3.05. The molecule has 0 aliphatic carbocycles. The van der Waals surface area contributed by atoms with Gasteiger partial charge in [0.1, 0.15) is 5.82 Å². The van der Waals surface area contributed by atoms with E-state index in [4.69, 9.17) is 12.2 Å². The van der Waals surface area contributed by atoms with Crippen LogP contribution in [0.1, 0.15) is 11.1 Å². The molecule has 0 fully saturated rings. The quantitative estimate of drug-likeness (QED) is 0.597. The summed E-state index contributed by atoms with van der Waals surface area (Å²) in [5.41, 5.74) is 4.80. The van der Waals surface area contributed by atoms with Crippen LogP contribution in [0.5, 0.6) is 0 Å². The highest BCUT2D eigenvalue weighted by Crippen LogP contribution is 2.27. The Morgan fingerprint density at radius 2 is 1.95 bits per heavy atom. The van der Waals surface area contributed by atoms with Crippen molar-refractivity contribution in [2.45, 2.75) is 13.8 Å². The summed E-state index contributed by atoms with van der Waals surface area (Å²) in [6.07, 6.45) is 0. The molecule has 102 valence electrons. The Labute approximate surface area is 129 Å². The summed E-state index contributed by atoms with van der Waals surface area (Å²) >= 11 is 8.58. The average Bonchev–Trinajstić information content (AvgIpc) is 2.66. The van der Waals surface area contributed by atoms with Crippen molar-refractivity contribution in [2.75, 3.05) is 0 Å². The van der Waals surface area contributed by atoms with Gasteiger partial charge in [0.15, 0.2) is 4.77 Å². The summed E-state index contributed by atoms with van der Waals surface area (Å²) in [7, 11) is 0. The van der Waals surface area contributed by atoms with Gasteiger partial charge in [0.2, 0.25) is 0 Å². The normalized spacial score (nSPS) is 11.2. The van der Waals surface area contributed by atoms with Gasteiger partial charge in [-0.3, -0.25) is 4.57 Å². The maximum absolute atomic E-state index is 13.8. The fraction of sp³-hybridized carbons (Fsp3) is 0.133. The van der Waals surface area contributed by atoms with Gasteiger partial charge in [0.25, 0.3) is 0 Å². The first-order chi connectivity index (χ1) is 9.47. The van der Waals surface area contributed by atoms with Crippen LogP contribution < -0.4 is 0 Å². The third-order valence-corrected chi connectivity index (χ3v) is 4.21. The minimum absolute atomic E-state index is 0.301. The molecule has 0 spiro atoms. The van der Waals surface area contributed by atoms with E-state index < -0.39 is 0 Å². The van der Waals surface area contributed by atoms with Crippen LogP contribution in [0.4, 0.5) is 4.39 Å². The van der Waals surface area contributed by atoms with Crippen LogP contribution in [0.2, 0.25) is 0 Å². The smallest absolute Gasteiger partial charge is 0.182 e. The number of benzene rings is 2. The third-order valence-electron chi connectivity index (χ3n) is 3.32. The van der Waals surface area contributed by atoms with Crippen LogP contribution in [0.15, 0.2) is 34.8 Å². The molecule has 1 aromatic heterocycles. The van der Waals surface area contributed by atoms with Crippen molar-refractivity contribution in [1.29, 1.82) is 0 Å². The molecular weight excluding hydrogens is 339 g/mol. The van der Waals surface area contributed by atoms with Crippen molar-refractivity contribution in [2.24, 2.45) is 0 Å². The number of nitrogens with zero attached hydrogens (tertiary/aromatic N) is 1. The number of imidazole rings is 1. The molecule has 0 saturated carbocycles. The van der Waals surface area contributed by atoms with Gasteiger partial charge >= 0.3 is 0 Å². The zero-order valence-corrected chi connectivity index (χ0v) is 13.4. The third kappa shape index (κ3) is 2.11. The summed E-state index contributed by atoms with van der Waals surface area (Å²) < 4.78 is 16.7. The Kier molecular flexibility index (Phi) is 3.26. The molecule has 2 nitrogen and oxygen atoms in total. The van der Waals surface area contributed by atoms with Crippen LogP contribution in [-0.4, -0.2) is 9.55 Å². The zero-order chi connectivity index (χ0) is 14.4. The lowest BCUT2D eigenvalue weighted by Gasteiger charge is -2.09. The highest BCUT2D eigenvalue weighted by Gasteiger charge is 2.11. The van der Waals surface area contributed by atoms with Crippen LogP contribution in [0, 0.1) is 24.4 Å². The van der Waals surface area contributed by atoms with Gasteiger partial charge in [-0.25, -0.2) is 4.39 Å². The summed E-state index contributed by atoms with van der Waals surface area (Å²) in [4.78, 5) is 3.12. The molecule has 0 bridgehead atoms. The minimum atomic E-state index is -0.301. The summed E-state index contributed by atoms with van der Waals surface area (Å²) in [5, 5.41) is 0. The van der Waals surface area contributed by atoms with Gasteiger partial charge in [0, 0.05) is 6.07 Å². The van der Waals surface area contributed by atoms with Gasteiger partial charge in [-0.1, -0.05) is 17.7 Å². The first kappa shape index (κ1) is 13.5. The molecule has 3 rings (SSSR count). The molecule has 0 atom stereocenters. The number of aryl methyl sites for hydroxylation is 2. The topological polar surface area (TPSA) is 20.7 Å². The van der Waals surface area contributed by atoms with Crippen molar-refractivity contribution in [1.82, 2.24) is 9.55 Å². The number of hydrogen-bond acceptors (Lipinski definition) is 1. The predicted molar refractivity (Wildman–Crippen MR) is 85.6 cm³/mol. The minimum Gasteiger partial charge on any atom is -0.330 e. The van der Waals surface area contributed by atoms with E-state index in [1.54, 1.807) is 6.07 Å². The maximum atomic E-state index is 13.8. The number of aromatic nitrogens is 2. The Hall–Kier alpha value is -1.46. The molecule has 0 amide bonds. The van der Waals surface area contributed by atoms with Gasteiger partial charge in [-0.15, -0.1) is 0 Å². The van der Waals surface area contributed by atoms with E-state index in [1.165, 1.54) is 11.6 Å². The van der Waals surface area contributed by atoms with Crippen molar-refractivity contribution < 1.29 is 4.39 Å². The van der Waals surface area contributed by atoms with Crippen LogP contribution in [0.3, 0.4) is 0 Å². The molecular formula is C15H12BrFN2S. The lowest BCUT2D eigenvalue weighted by Crippen LogP contribution is -1.97. The predicted octanol–water partition coefficient (Wildman–Crippen LogP) is 5.21. The molecule has 3 aromatic rings. The number of aromatic amines is 1. The highest BCUT2D eigenvalue weighted by molar-refractivity contribution is 9.10. The molecule has 2 aromatic carbocycles. The summed E-state index contributed by atoms with van der Waals surface area (Å²) in [5.74, 6) is -0.301. The van der Waals surface area contributed by atoms with E-state index in [0.717, 1.165) is 22.3 Å². The summed E-state index contributed by atoms with van der Waals surface area (Å²) in [6, 6.07) is 9.32. The largest absolute Gasteiger partial charge is 0.330 e. The molecule has 1 N–H and O–H groups in total. The highest BCUT2D eigenvalue weighted by atomic mass is 79.9. The van der Waals surface area contributed by atoms with E-state index in [9.17, 15) is 4.39 Å². The Bertz CT molecular complexity index is 879.